The fraction of sp³-hybridized carbons (Fsp3) is 0.333. The fourth-order valence-electron chi connectivity index (χ4n) is 1.52. The summed E-state index contributed by atoms with van der Waals surface area (Å²) in [4.78, 5) is 15.8. The standard InChI is InChI=1S/C12H13NO4/c1-3-4-9-10(12(14)15-2)17-11(13-9)8-5-6-16-7-8/h5-7H,3-4H2,1-2H3. The summed E-state index contributed by atoms with van der Waals surface area (Å²) in [6.07, 6.45) is 4.59. The molecular weight excluding hydrogens is 222 g/mol. The van der Waals surface area contributed by atoms with E-state index in [-0.39, 0.29) is 5.76 Å². The number of furan rings is 1. The number of rotatable bonds is 4. The molecule has 0 atom stereocenters. The summed E-state index contributed by atoms with van der Waals surface area (Å²) < 4.78 is 15.0. The average Bonchev–Trinajstić information content (AvgIpc) is 2.96. The molecule has 90 valence electrons. The smallest absolute Gasteiger partial charge is 0.376 e. The second-order valence-corrected chi connectivity index (χ2v) is 3.55. The Labute approximate surface area is 98.4 Å². The van der Waals surface area contributed by atoms with E-state index in [0.29, 0.717) is 23.6 Å². The summed E-state index contributed by atoms with van der Waals surface area (Å²) in [5.74, 6) is 0.0452. The summed E-state index contributed by atoms with van der Waals surface area (Å²) >= 11 is 0. The van der Waals surface area contributed by atoms with E-state index >= 15 is 0 Å². The molecule has 0 aromatic carbocycles. The molecule has 2 aromatic heterocycles. The lowest BCUT2D eigenvalue weighted by Gasteiger charge is -1.96. The lowest BCUT2D eigenvalue weighted by atomic mass is 10.2. The molecule has 0 radical (unpaired) electrons. The van der Waals surface area contributed by atoms with Crippen molar-refractivity contribution in [3.63, 3.8) is 0 Å². The van der Waals surface area contributed by atoms with Crippen LogP contribution in [-0.2, 0) is 11.2 Å². The maximum absolute atomic E-state index is 11.5. The van der Waals surface area contributed by atoms with Gasteiger partial charge in [-0.3, -0.25) is 0 Å². The highest BCUT2D eigenvalue weighted by Gasteiger charge is 2.21. The summed E-state index contributed by atoms with van der Waals surface area (Å²) in [5.41, 5.74) is 1.33. The molecule has 0 fully saturated rings. The largest absolute Gasteiger partial charge is 0.472 e. The number of oxazole rings is 1. The molecule has 0 aliphatic carbocycles. The summed E-state index contributed by atoms with van der Waals surface area (Å²) in [6.45, 7) is 2.01. The Balaban J connectivity index is 2.40. The van der Waals surface area contributed by atoms with Crippen LogP contribution in [0.25, 0.3) is 11.5 Å². The minimum Gasteiger partial charge on any atom is -0.472 e. The van der Waals surface area contributed by atoms with Gasteiger partial charge in [-0.25, -0.2) is 9.78 Å². The van der Waals surface area contributed by atoms with Gasteiger partial charge in [-0.15, -0.1) is 0 Å². The first kappa shape index (κ1) is 11.4. The monoisotopic (exact) mass is 235 g/mol. The Bertz CT molecular complexity index is 499. The van der Waals surface area contributed by atoms with Crippen LogP contribution in [0.1, 0.15) is 29.6 Å². The van der Waals surface area contributed by atoms with Gasteiger partial charge in [0.1, 0.15) is 6.26 Å². The molecule has 2 rings (SSSR count). The van der Waals surface area contributed by atoms with Crippen LogP contribution in [0, 0.1) is 0 Å². The number of hydrogen-bond acceptors (Lipinski definition) is 5. The zero-order chi connectivity index (χ0) is 12.3. The predicted molar refractivity (Wildman–Crippen MR) is 59.5 cm³/mol. The highest BCUT2D eigenvalue weighted by molar-refractivity contribution is 5.87. The molecule has 0 bridgehead atoms. The van der Waals surface area contributed by atoms with Crippen LogP contribution in [0.15, 0.2) is 27.4 Å². The Morgan fingerprint density at radius 2 is 2.35 bits per heavy atom. The number of carbonyl (C=O) groups is 1. The molecule has 0 saturated carbocycles. The molecule has 5 heteroatoms. The lowest BCUT2D eigenvalue weighted by molar-refractivity contribution is 0.0564. The van der Waals surface area contributed by atoms with Crippen molar-refractivity contribution in [1.29, 1.82) is 0 Å². The fourth-order valence-corrected chi connectivity index (χ4v) is 1.52. The molecule has 0 N–H and O–H groups in total. The van der Waals surface area contributed by atoms with Gasteiger partial charge in [0.25, 0.3) is 0 Å². The minimum absolute atomic E-state index is 0.172. The van der Waals surface area contributed by atoms with Crippen molar-refractivity contribution in [3.05, 3.63) is 30.0 Å². The van der Waals surface area contributed by atoms with E-state index in [0.717, 1.165) is 6.42 Å². The summed E-state index contributed by atoms with van der Waals surface area (Å²) in [5, 5.41) is 0. The van der Waals surface area contributed by atoms with Crippen molar-refractivity contribution in [2.24, 2.45) is 0 Å². The molecular formula is C12H13NO4. The maximum Gasteiger partial charge on any atom is 0.376 e. The van der Waals surface area contributed by atoms with Crippen LogP contribution in [0.3, 0.4) is 0 Å². The number of methoxy groups -OCH3 is 1. The summed E-state index contributed by atoms with van der Waals surface area (Å²) in [7, 11) is 1.32. The van der Waals surface area contributed by atoms with Gasteiger partial charge in [0.15, 0.2) is 0 Å². The van der Waals surface area contributed by atoms with E-state index in [1.165, 1.54) is 19.6 Å². The molecule has 17 heavy (non-hydrogen) atoms. The molecule has 0 aliphatic heterocycles. The van der Waals surface area contributed by atoms with Crippen LogP contribution in [-0.4, -0.2) is 18.1 Å². The molecule has 0 spiro atoms. The maximum atomic E-state index is 11.5. The van der Waals surface area contributed by atoms with Crippen LogP contribution >= 0.6 is 0 Å². The zero-order valence-electron chi connectivity index (χ0n) is 9.73. The number of hydrogen-bond donors (Lipinski definition) is 0. The third-order valence-corrected chi connectivity index (χ3v) is 2.32. The van der Waals surface area contributed by atoms with Gasteiger partial charge in [-0.05, 0) is 12.5 Å². The molecule has 0 unspecified atom stereocenters. The van der Waals surface area contributed by atoms with E-state index < -0.39 is 5.97 Å². The molecule has 0 amide bonds. The molecule has 2 aromatic rings. The number of carbonyl (C=O) groups excluding carboxylic acids is 1. The van der Waals surface area contributed by atoms with Crippen LogP contribution in [0.4, 0.5) is 0 Å². The van der Waals surface area contributed by atoms with Crippen molar-refractivity contribution >= 4 is 5.97 Å². The van der Waals surface area contributed by atoms with E-state index in [4.69, 9.17) is 8.83 Å². The first-order valence-electron chi connectivity index (χ1n) is 5.36. The predicted octanol–water partition coefficient (Wildman–Crippen LogP) is 2.67. The Morgan fingerprint density at radius 3 is 2.94 bits per heavy atom. The quantitative estimate of drug-likeness (QED) is 0.762. The average molecular weight is 235 g/mol. The lowest BCUT2D eigenvalue weighted by Crippen LogP contribution is -2.03. The second kappa shape index (κ2) is 4.86. The Kier molecular flexibility index (Phi) is 3.27. The van der Waals surface area contributed by atoms with E-state index in [1.54, 1.807) is 6.07 Å². The van der Waals surface area contributed by atoms with Crippen molar-refractivity contribution in [1.82, 2.24) is 4.98 Å². The normalized spacial score (nSPS) is 10.5. The van der Waals surface area contributed by atoms with Crippen LogP contribution in [0.5, 0.6) is 0 Å². The van der Waals surface area contributed by atoms with E-state index in [9.17, 15) is 4.79 Å². The van der Waals surface area contributed by atoms with Gasteiger partial charge < -0.3 is 13.6 Å². The van der Waals surface area contributed by atoms with E-state index in [2.05, 4.69) is 9.72 Å². The molecule has 5 nitrogen and oxygen atoms in total. The Hall–Kier alpha value is -2.04. The number of ether oxygens (including phenoxy) is 1. The third kappa shape index (κ3) is 2.22. The molecule has 2 heterocycles. The number of esters is 1. The second-order valence-electron chi connectivity index (χ2n) is 3.55. The van der Waals surface area contributed by atoms with Crippen molar-refractivity contribution < 1.29 is 18.4 Å². The van der Waals surface area contributed by atoms with Gasteiger partial charge in [-0.2, -0.15) is 0 Å². The van der Waals surface area contributed by atoms with Crippen LogP contribution < -0.4 is 0 Å². The van der Waals surface area contributed by atoms with Gasteiger partial charge >= 0.3 is 5.97 Å². The first-order chi connectivity index (χ1) is 8.26. The van der Waals surface area contributed by atoms with E-state index in [1.807, 2.05) is 6.92 Å². The van der Waals surface area contributed by atoms with Crippen molar-refractivity contribution in [2.45, 2.75) is 19.8 Å². The topological polar surface area (TPSA) is 65.5 Å². The highest BCUT2D eigenvalue weighted by Crippen LogP contribution is 2.23. The first-order valence-corrected chi connectivity index (χ1v) is 5.36. The molecule has 0 aliphatic rings. The summed E-state index contributed by atoms with van der Waals surface area (Å²) in [6, 6.07) is 1.72. The van der Waals surface area contributed by atoms with Gasteiger partial charge in [-0.1, -0.05) is 13.3 Å². The Morgan fingerprint density at radius 1 is 1.53 bits per heavy atom. The number of nitrogens with zero attached hydrogens (tertiary/aromatic N) is 1. The highest BCUT2D eigenvalue weighted by atomic mass is 16.5. The van der Waals surface area contributed by atoms with Crippen molar-refractivity contribution in [2.75, 3.05) is 7.11 Å². The number of aromatic nitrogens is 1. The van der Waals surface area contributed by atoms with Crippen molar-refractivity contribution in [3.8, 4) is 11.5 Å². The SMILES string of the molecule is CCCc1nc(-c2ccoc2)oc1C(=O)OC. The zero-order valence-corrected chi connectivity index (χ0v) is 9.73. The molecule has 0 saturated heterocycles. The third-order valence-electron chi connectivity index (χ3n) is 2.32. The minimum atomic E-state index is -0.504. The van der Waals surface area contributed by atoms with Gasteiger partial charge in [0, 0.05) is 0 Å². The number of aryl methyl sites for hydroxylation is 1. The van der Waals surface area contributed by atoms with Gasteiger partial charge in [0.05, 0.1) is 24.6 Å². The van der Waals surface area contributed by atoms with Gasteiger partial charge in [0.2, 0.25) is 11.7 Å². The van der Waals surface area contributed by atoms with Crippen LogP contribution in [0.2, 0.25) is 0 Å².